The number of nitrogens with zero attached hydrogens (tertiary/aromatic N) is 3. The lowest BCUT2D eigenvalue weighted by molar-refractivity contribution is -0.0161. The van der Waals surface area contributed by atoms with Crippen LogP contribution in [-0.2, 0) is 13.9 Å². The van der Waals surface area contributed by atoms with Gasteiger partial charge in [0.2, 0.25) is 0 Å². The van der Waals surface area contributed by atoms with Crippen molar-refractivity contribution in [2.45, 2.75) is 0 Å². The largest absolute Gasteiger partial charge is 0.441 e. The van der Waals surface area contributed by atoms with Crippen LogP contribution in [0.25, 0.3) is 0 Å². The van der Waals surface area contributed by atoms with Gasteiger partial charge in [0, 0.05) is 18.8 Å². The molecule has 174 valence electrons. The Labute approximate surface area is 195 Å². The molecule has 0 aromatic heterocycles. The Hall–Kier alpha value is -2.05. The highest BCUT2D eigenvalue weighted by Gasteiger charge is 2.53. The quantitative estimate of drug-likeness (QED) is 0.287. The molecular formula is C21H24N3O6P3. The van der Waals surface area contributed by atoms with Crippen molar-refractivity contribution >= 4 is 24.6 Å². The zero-order valence-corrected chi connectivity index (χ0v) is 21.0. The fraction of sp³-hybridized carbons (Fsp3) is 0.143. The molecular weight excluding hydrogens is 483 g/mol. The Morgan fingerprint density at radius 1 is 0.667 bits per heavy atom. The highest BCUT2D eigenvalue weighted by Crippen LogP contribution is 2.78. The summed E-state index contributed by atoms with van der Waals surface area (Å²) in [4.78, 5) is 12.0. The summed E-state index contributed by atoms with van der Waals surface area (Å²) in [6, 6.07) is 28.1. The second kappa shape index (κ2) is 11.4. The second-order valence-corrected chi connectivity index (χ2v) is 12.2. The molecule has 3 aromatic carbocycles. The van der Waals surface area contributed by atoms with E-state index in [0.717, 1.165) is 0 Å². The second-order valence-electron chi connectivity index (χ2n) is 6.35. The zero-order chi connectivity index (χ0) is 23.1. The number of hydrogen-bond acceptors (Lipinski definition) is 9. The fourth-order valence-corrected chi connectivity index (χ4v) is 10.2. The van der Waals surface area contributed by atoms with Crippen LogP contribution in [0.1, 0.15) is 0 Å². The molecule has 0 bridgehead atoms. The molecule has 0 radical (unpaired) electrons. The minimum absolute atomic E-state index is 0.595. The molecule has 0 spiro atoms. The third-order valence-electron chi connectivity index (χ3n) is 4.27. The highest BCUT2D eigenvalue weighted by atomic mass is 31.3. The Balaban J connectivity index is 1.80. The van der Waals surface area contributed by atoms with Crippen molar-refractivity contribution in [1.82, 2.24) is 9.21 Å². The van der Waals surface area contributed by atoms with Gasteiger partial charge in [-0.3, -0.25) is 4.84 Å². The molecule has 3 aromatic rings. The van der Waals surface area contributed by atoms with Gasteiger partial charge in [0.1, 0.15) is 17.2 Å². The molecule has 12 heteroatoms. The first-order valence-corrected chi connectivity index (χ1v) is 13.7. The molecule has 33 heavy (non-hydrogen) atoms. The van der Waals surface area contributed by atoms with Gasteiger partial charge in [-0.05, 0) is 41.0 Å². The molecule has 0 fully saturated rings. The van der Waals surface area contributed by atoms with Gasteiger partial charge in [-0.2, -0.15) is 4.52 Å². The van der Waals surface area contributed by atoms with Crippen LogP contribution in [0.3, 0.4) is 0 Å². The minimum Gasteiger partial charge on any atom is -0.441 e. The minimum atomic E-state index is -3.07. The van der Waals surface area contributed by atoms with E-state index in [-0.39, 0.29) is 0 Å². The number of para-hydroxylation sites is 3. The summed E-state index contributed by atoms with van der Waals surface area (Å²) in [5, 5.41) is 0. The highest BCUT2D eigenvalue weighted by molar-refractivity contribution is 7.78. The number of rotatable bonds is 9. The number of benzene rings is 3. The summed E-state index contributed by atoms with van der Waals surface area (Å²) in [6.07, 6.45) is 0. The standard InChI is InChI=1S/C21H24N3O6P3/c1-25-24-32(30-21-17-11-6-12-18-21)23(28-19-13-7-4-8-14-19)31(22-33(24,26-2)27-3)29-20-15-9-5-10-16-20/h4-18H,1-3H3. The van der Waals surface area contributed by atoms with Crippen molar-refractivity contribution in [3.8, 4) is 17.2 Å². The van der Waals surface area contributed by atoms with Crippen LogP contribution >= 0.6 is 24.6 Å². The summed E-state index contributed by atoms with van der Waals surface area (Å²) >= 11 is 0. The first-order valence-electron chi connectivity index (χ1n) is 9.86. The molecule has 1 aliphatic heterocycles. The van der Waals surface area contributed by atoms with Crippen LogP contribution in [0.4, 0.5) is 0 Å². The molecule has 9 nitrogen and oxygen atoms in total. The average Bonchev–Trinajstić information content (AvgIpc) is 2.87. The monoisotopic (exact) mass is 507 g/mol. The van der Waals surface area contributed by atoms with E-state index < -0.39 is 24.6 Å². The van der Waals surface area contributed by atoms with E-state index in [1.54, 1.807) is 4.60 Å². The van der Waals surface area contributed by atoms with Crippen molar-refractivity contribution < 1.29 is 27.8 Å². The van der Waals surface area contributed by atoms with Crippen molar-refractivity contribution in [1.29, 1.82) is 0 Å². The molecule has 0 saturated carbocycles. The lowest BCUT2D eigenvalue weighted by Gasteiger charge is -2.43. The van der Waals surface area contributed by atoms with E-state index in [4.69, 9.17) is 32.3 Å². The normalized spacial score (nSPS) is 20.6. The van der Waals surface area contributed by atoms with E-state index in [1.807, 2.05) is 91.0 Å². The Morgan fingerprint density at radius 2 is 1.15 bits per heavy atom. The maximum atomic E-state index is 6.38. The molecule has 2 atom stereocenters. The van der Waals surface area contributed by atoms with Gasteiger partial charge in [0.15, 0.2) is 0 Å². The van der Waals surface area contributed by atoms with E-state index >= 15 is 0 Å². The predicted octanol–water partition coefficient (Wildman–Crippen LogP) is 7.01. The molecule has 0 aliphatic carbocycles. The SMILES string of the molecule is CON1P(Oc2ccccc2)N(Oc2ccccc2)P(Oc2ccccc2)N=P1(OC)OC. The molecule has 1 heterocycles. The summed E-state index contributed by atoms with van der Waals surface area (Å²) in [5.74, 6) is 1.84. The number of hydrogen-bond donors (Lipinski definition) is 0. The predicted molar refractivity (Wildman–Crippen MR) is 129 cm³/mol. The van der Waals surface area contributed by atoms with Crippen molar-refractivity contribution in [3.63, 3.8) is 0 Å². The fourth-order valence-electron chi connectivity index (χ4n) is 2.77. The molecule has 0 N–H and O–H groups in total. The third kappa shape index (κ3) is 5.55. The third-order valence-corrected chi connectivity index (χ3v) is 11.3. The van der Waals surface area contributed by atoms with Gasteiger partial charge in [-0.25, -0.2) is 0 Å². The summed E-state index contributed by atoms with van der Waals surface area (Å²) in [7, 11) is -2.10. The van der Waals surface area contributed by atoms with Crippen molar-refractivity contribution in [3.05, 3.63) is 91.0 Å². The Bertz CT molecular complexity index is 1060. The Kier molecular flexibility index (Phi) is 8.31. The van der Waals surface area contributed by atoms with E-state index in [0.29, 0.717) is 17.2 Å². The van der Waals surface area contributed by atoms with Crippen LogP contribution in [0, 0.1) is 0 Å². The van der Waals surface area contributed by atoms with Crippen LogP contribution in [0.5, 0.6) is 17.2 Å². The molecule has 1 aliphatic rings. The van der Waals surface area contributed by atoms with E-state index in [9.17, 15) is 0 Å². The molecule has 4 rings (SSSR count). The smallest absolute Gasteiger partial charge is 0.346 e. The molecule has 0 amide bonds. The van der Waals surface area contributed by atoms with Gasteiger partial charge >= 0.3 is 24.6 Å². The maximum absolute atomic E-state index is 6.38. The van der Waals surface area contributed by atoms with Crippen LogP contribution < -0.4 is 13.9 Å². The van der Waals surface area contributed by atoms with Gasteiger partial charge in [-0.1, -0.05) is 54.6 Å². The lowest BCUT2D eigenvalue weighted by atomic mass is 10.3. The summed E-state index contributed by atoms with van der Waals surface area (Å²) in [6.45, 7) is 0. The van der Waals surface area contributed by atoms with Gasteiger partial charge < -0.3 is 22.9 Å². The Morgan fingerprint density at radius 3 is 1.64 bits per heavy atom. The maximum Gasteiger partial charge on any atom is 0.346 e. The lowest BCUT2D eigenvalue weighted by Crippen LogP contribution is -2.33. The molecule has 2 unspecified atom stereocenters. The first kappa shape index (κ1) is 24.1. The van der Waals surface area contributed by atoms with Crippen LogP contribution in [-0.4, -0.2) is 30.5 Å². The molecule has 0 saturated heterocycles. The van der Waals surface area contributed by atoms with Gasteiger partial charge in [0.25, 0.3) is 0 Å². The first-order chi connectivity index (χ1) is 16.2. The average molecular weight is 507 g/mol. The zero-order valence-electron chi connectivity index (χ0n) is 18.3. The summed E-state index contributed by atoms with van der Waals surface area (Å²) < 4.78 is 32.1. The van der Waals surface area contributed by atoms with Crippen LogP contribution in [0.15, 0.2) is 95.5 Å². The van der Waals surface area contributed by atoms with Crippen LogP contribution in [0.2, 0.25) is 0 Å². The van der Waals surface area contributed by atoms with Crippen molar-refractivity contribution in [2.75, 3.05) is 21.3 Å². The van der Waals surface area contributed by atoms with Crippen molar-refractivity contribution in [2.24, 2.45) is 4.52 Å². The van der Waals surface area contributed by atoms with Gasteiger partial charge in [0.05, 0.1) is 7.11 Å². The topological polar surface area (TPSA) is 74.2 Å². The van der Waals surface area contributed by atoms with Gasteiger partial charge in [-0.15, -0.1) is 0 Å². The van der Waals surface area contributed by atoms with E-state index in [2.05, 4.69) is 0 Å². The summed E-state index contributed by atoms with van der Waals surface area (Å²) in [5.41, 5.74) is 0. The van der Waals surface area contributed by atoms with E-state index in [1.165, 1.54) is 25.9 Å².